The molecule has 2 aromatic rings. The molecule has 100 valence electrons. The fourth-order valence-corrected chi connectivity index (χ4v) is 2.75. The van der Waals surface area contributed by atoms with Crippen LogP contribution in [-0.4, -0.2) is 11.2 Å². The van der Waals surface area contributed by atoms with Gasteiger partial charge in [0.25, 0.3) is 0 Å². The van der Waals surface area contributed by atoms with Crippen LogP contribution in [0.4, 0.5) is 0 Å². The highest BCUT2D eigenvalue weighted by molar-refractivity contribution is 6.30. The molecule has 1 saturated carbocycles. The molecule has 0 amide bonds. The molecule has 0 bridgehead atoms. The Balaban J connectivity index is 1.65. The zero-order valence-electron chi connectivity index (χ0n) is 10.7. The maximum Gasteiger partial charge on any atom is 0.151 e. The Kier molecular flexibility index (Phi) is 3.85. The summed E-state index contributed by atoms with van der Waals surface area (Å²) in [5, 5.41) is 8.33. The monoisotopic (exact) mass is 276 g/mol. The quantitative estimate of drug-likeness (QED) is 0.916. The SMILES string of the molecule is Clc1cccc(-c2cc(CNC3CCCC3)on2)c1. The molecule has 0 radical (unpaired) electrons. The Hall–Kier alpha value is -1.32. The minimum Gasteiger partial charge on any atom is -0.359 e. The van der Waals surface area contributed by atoms with Gasteiger partial charge in [-0.15, -0.1) is 0 Å². The van der Waals surface area contributed by atoms with Crippen molar-refractivity contribution < 1.29 is 4.52 Å². The third-order valence-electron chi connectivity index (χ3n) is 3.60. The van der Waals surface area contributed by atoms with Crippen LogP contribution in [0.25, 0.3) is 11.3 Å². The highest BCUT2D eigenvalue weighted by Gasteiger charge is 2.15. The van der Waals surface area contributed by atoms with Gasteiger partial charge in [0.15, 0.2) is 5.76 Å². The van der Waals surface area contributed by atoms with Crippen molar-refractivity contribution in [1.82, 2.24) is 10.5 Å². The van der Waals surface area contributed by atoms with Gasteiger partial charge in [-0.1, -0.05) is 41.7 Å². The Morgan fingerprint density at radius 3 is 2.89 bits per heavy atom. The van der Waals surface area contributed by atoms with E-state index in [9.17, 15) is 0 Å². The van der Waals surface area contributed by atoms with Gasteiger partial charge in [0, 0.05) is 22.7 Å². The van der Waals surface area contributed by atoms with E-state index in [1.165, 1.54) is 25.7 Å². The first-order chi connectivity index (χ1) is 9.31. The predicted molar refractivity (Wildman–Crippen MR) is 76.0 cm³/mol. The van der Waals surface area contributed by atoms with Crippen molar-refractivity contribution in [2.75, 3.05) is 0 Å². The van der Waals surface area contributed by atoms with E-state index >= 15 is 0 Å². The second-order valence-electron chi connectivity index (χ2n) is 5.05. The number of hydrogen-bond donors (Lipinski definition) is 1. The van der Waals surface area contributed by atoms with E-state index in [0.29, 0.717) is 11.1 Å². The first-order valence-corrected chi connectivity index (χ1v) is 7.14. The lowest BCUT2D eigenvalue weighted by atomic mass is 10.1. The van der Waals surface area contributed by atoms with Gasteiger partial charge >= 0.3 is 0 Å². The fraction of sp³-hybridized carbons (Fsp3) is 0.400. The second kappa shape index (κ2) is 5.76. The largest absolute Gasteiger partial charge is 0.359 e. The number of benzene rings is 1. The lowest BCUT2D eigenvalue weighted by molar-refractivity contribution is 0.364. The number of nitrogens with one attached hydrogen (secondary N) is 1. The van der Waals surface area contributed by atoms with Crippen LogP contribution in [0.5, 0.6) is 0 Å². The average molecular weight is 277 g/mol. The number of nitrogens with zero attached hydrogens (tertiary/aromatic N) is 1. The van der Waals surface area contributed by atoms with Crippen molar-refractivity contribution in [3.8, 4) is 11.3 Å². The van der Waals surface area contributed by atoms with E-state index in [4.69, 9.17) is 16.1 Å². The van der Waals surface area contributed by atoms with E-state index in [2.05, 4.69) is 10.5 Å². The molecule has 0 spiro atoms. The lowest BCUT2D eigenvalue weighted by Gasteiger charge is -2.08. The van der Waals surface area contributed by atoms with E-state index in [1.807, 2.05) is 30.3 Å². The first kappa shape index (κ1) is 12.7. The van der Waals surface area contributed by atoms with Gasteiger partial charge in [0.2, 0.25) is 0 Å². The summed E-state index contributed by atoms with van der Waals surface area (Å²) >= 11 is 5.98. The predicted octanol–water partition coefficient (Wildman–Crippen LogP) is 4.03. The minimum atomic E-state index is 0.639. The molecule has 1 heterocycles. The summed E-state index contributed by atoms with van der Waals surface area (Å²) in [5.74, 6) is 0.877. The third-order valence-corrected chi connectivity index (χ3v) is 3.83. The minimum absolute atomic E-state index is 0.639. The number of halogens is 1. The van der Waals surface area contributed by atoms with E-state index in [-0.39, 0.29) is 0 Å². The molecule has 1 fully saturated rings. The number of aromatic nitrogens is 1. The molecule has 0 aliphatic heterocycles. The smallest absolute Gasteiger partial charge is 0.151 e. The zero-order valence-corrected chi connectivity index (χ0v) is 11.5. The second-order valence-corrected chi connectivity index (χ2v) is 5.49. The molecular formula is C15H17ClN2O. The van der Waals surface area contributed by atoms with Crippen molar-refractivity contribution in [2.24, 2.45) is 0 Å². The normalized spacial score (nSPS) is 16.1. The molecular weight excluding hydrogens is 260 g/mol. The van der Waals surface area contributed by atoms with Gasteiger partial charge in [0.05, 0.1) is 6.54 Å². The van der Waals surface area contributed by atoms with E-state index in [0.717, 1.165) is 23.6 Å². The Morgan fingerprint density at radius 2 is 2.11 bits per heavy atom. The highest BCUT2D eigenvalue weighted by Crippen LogP contribution is 2.23. The fourth-order valence-electron chi connectivity index (χ4n) is 2.56. The maximum atomic E-state index is 5.98. The third kappa shape index (κ3) is 3.17. The summed E-state index contributed by atoms with van der Waals surface area (Å²) < 4.78 is 5.36. The summed E-state index contributed by atoms with van der Waals surface area (Å²) in [7, 11) is 0. The Bertz CT molecular complexity index is 547. The van der Waals surface area contributed by atoms with Crippen LogP contribution in [0.3, 0.4) is 0 Å². The molecule has 4 heteroatoms. The summed E-state index contributed by atoms with van der Waals surface area (Å²) in [6.07, 6.45) is 5.22. The highest BCUT2D eigenvalue weighted by atomic mass is 35.5. The molecule has 0 unspecified atom stereocenters. The zero-order chi connectivity index (χ0) is 13.1. The van der Waals surface area contributed by atoms with E-state index in [1.54, 1.807) is 0 Å². The standard InChI is InChI=1S/C15H17ClN2O/c16-12-5-3-4-11(8-12)15-9-14(19-18-15)10-17-13-6-1-2-7-13/h3-5,8-9,13,17H,1-2,6-7,10H2. The molecule has 3 nitrogen and oxygen atoms in total. The number of rotatable bonds is 4. The average Bonchev–Trinajstić information content (AvgIpc) is 3.08. The van der Waals surface area contributed by atoms with Crippen LogP contribution in [0, 0.1) is 0 Å². The van der Waals surface area contributed by atoms with Gasteiger partial charge in [-0.05, 0) is 25.0 Å². The summed E-state index contributed by atoms with van der Waals surface area (Å²) in [6.45, 7) is 0.748. The van der Waals surface area contributed by atoms with E-state index < -0.39 is 0 Å². The summed E-state index contributed by atoms with van der Waals surface area (Å²) in [5.41, 5.74) is 1.83. The molecule has 1 aromatic carbocycles. The van der Waals surface area contributed by atoms with Crippen LogP contribution in [0.1, 0.15) is 31.4 Å². The van der Waals surface area contributed by atoms with Gasteiger partial charge in [0.1, 0.15) is 5.69 Å². The molecule has 1 N–H and O–H groups in total. The molecule has 0 saturated heterocycles. The van der Waals surface area contributed by atoms with Crippen molar-refractivity contribution in [1.29, 1.82) is 0 Å². The molecule has 19 heavy (non-hydrogen) atoms. The molecule has 1 aliphatic carbocycles. The maximum absolute atomic E-state index is 5.98. The first-order valence-electron chi connectivity index (χ1n) is 6.76. The van der Waals surface area contributed by atoms with Crippen molar-refractivity contribution >= 4 is 11.6 Å². The molecule has 0 atom stereocenters. The Morgan fingerprint density at radius 1 is 1.26 bits per heavy atom. The lowest BCUT2D eigenvalue weighted by Crippen LogP contribution is -2.24. The van der Waals surface area contributed by atoms with Crippen molar-refractivity contribution in [3.63, 3.8) is 0 Å². The van der Waals surface area contributed by atoms with Crippen LogP contribution >= 0.6 is 11.6 Å². The topological polar surface area (TPSA) is 38.1 Å². The van der Waals surface area contributed by atoms with Gasteiger partial charge in [-0.25, -0.2) is 0 Å². The van der Waals surface area contributed by atoms with Crippen LogP contribution in [0.15, 0.2) is 34.9 Å². The van der Waals surface area contributed by atoms with Gasteiger partial charge < -0.3 is 9.84 Å². The van der Waals surface area contributed by atoms with Crippen molar-refractivity contribution in [3.05, 3.63) is 41.1 Å². The summed E-state index contributed by atoms with van der Waals surface area (Å²) in [6, 6.07) is 10.3. The van der Waals surface area contributed by atoms with Gasteiger partial charge in [-0.3, -0.25) is 0 Å². The van der Waals surface area contributed by atoms with Crippen LogP contribution in [-0.2, 0) is 6.54 Å². The van der Waals surface area contributed by atoms with Crippen LogP contribution < -0.4 is 5.32 Å². The van der Waals surface area contributed by atoms with Crippen LogP contribution in [0.2, 0.25) is 5.02 Å². The molecule has 3 rings (SSSR count). The number of hydrogen-bond acceptors (Lipinski definition) is 3. The molecule has 1 aromatic heterocycles. The van der Waals surface area contributed by atoms with Crippen molar-refractivity contribution in [2.45, 2.75) is 38.3 Å². The molecule has 1 aliphatic rings. The van der Waals surface area contributed by atoms with Gasteiger partial charge in [-0.2, -0.15) is 0 Å². The summed E-state index contributed by atoms with van der Waals surface area (Å²) in [4.78, 5) is 0. The Labute approximate surface area is 117 Å².